The van der Waals surface area contributed by atoms with Gasteiger partial charge in [0.1, 0.15) is 0 Å². The molecule has 0 bridgehead atoms. The molecule has 26 heavy (non-hydrogen) atoms. The molecule has 1 aliphatic heterocycles. The van der Waals surface area contributed by atoms with E-state index in [1.807, 2.05) is 78.9 Å². The van der Waals surface area contributed by atoms with E-state index in [2.05, 4.69) is 0 Å². The number of nitrogens with zero attached hydrogens (tertiary/aromatic N) is 2. The topological polar surface area (TPSA) is 40.6 Å². The van der Waals surface area contributed by atoms with Crippen molar-refractivity contribution in [3.05, 3.63) is 96.6 Å². The highest BCUT2D eigenvalue weighted by molar-refractivity contribution is 6.30. The van der Waals surface area contributed by atoms with Crippen LogP contribution in [0.25, 0.3) is 0 Å². The van der Waals surface area contributed by atoms with E-state index in [0.29, 0.717) is 11.4 Å². The maximum atomic E-state index is 13.5. The summed E-state index contributed by atoms with van der Waals surface area (Å²) in [4.78, 5) is 29.7. The van der Waals surface area contributed by atoms with Crippen molar-refractivity contribution in [2.24, 2.45) is 0 Å². The third kappa shape index (κ3) is 2.30. The second-order valence-corrected chi connectivity index (χ2v) is 6.37. The van der Waals surface area contributed by atoms with Crippen LogP contribution in [0.1, 0.15) is 12.5 Å². The van der Waals surface area contributed by atoms with E-state index < -0.39 is 5.54 Å². The predicted molar refractivity (Wildman–Crippen MR) is 102 cm³/mol. The zero-order chi connectivity index (χ0) is 18.1. The number of rotatable bonds is 3. The van der Waals surface area contributed by atoms with Gasteiger partial charge in [-0.1, -0.05) is 66.7 Å². The molecule has 4 nitrogen and oxygen atoms in total. The average molecular weight is 342 g/mol. The van der Waals surface area contributed by atoms with Gasteiger partial charge in [0.25, 0.3) is 5.91 Å². The fourth-order valence-corrected chi connectivity index (χ4v) is 3.46. The standard InChI is InChI=1S/C22H18N2O2/c1-22(17-11-5-2-6-12-17)20(25)23(18-13-7-3-8-14-18)21(26)24(22)19-15-9-4-10-16-19/h2-16H,1H3. The molecule has 0 saturated carbocycles. The molecule has 3 aromatic rings. The molecule has 0 N–H and O–H groups in total. The summed E-state index contributed by atoms with van der Waals surface area (Å²) in [6.45, 7) is 1.80. The molecular formula is C22H18N2O2. The number of hydrogen-bond donors (Lipinski definition) is 0. The van der Waals surface area contributed by atoms with Gasteiger partial charge in [-0.2, -0.15) is 0 Å². The Kier molecular flexibility index (Phi) is 3.81. The van der Waals surface area contributed by atoms with Crippen molar-refractivity contribution in [1.29, 1.82) is 0 Å². The van der Waals surface area contributed by atoms with Crippen LogP contribution < -0.4 is 9.80 Å². The Hall–Kier alpha value is -3.40. The molecular weight excluding hydrogens is 324 g/mol. The number of benzene rings is 3. The molecule has 1 unspecified atom stereocenters. The highest BCUT2D eigenvalue weighted by Gasteiger charge is 2.56. The van der Waals surface area contributed by atoms with Gasteiger partial charge in [-0.3, -0.25) is 9.69 Å². The molecule has 1 saturated heterocycles. The fourth-order valence-electron chi connectivity index (χ4n) is 3.46. The first-order valence-corrected chi connectivity index (χ1v) is 8.48. The van der Waals surface area contributed by atoms with E-state index >= 15 is 0 Å². The molecule has 1 heterocycles. The minimum atomic E-state index is -1.12. The molecule has 0 radical (unpaired) electrons. The minimum Gasteiger partial charge on any atom is -0.275 e. The highest BCUT2D eigenvalue weighted by Crippen LogP contribution is 2.42. The number of hydrogen-bond acceptors (Lipinski definition) is 2. The Labute approximate surface area is 152 Å². The molecule has 1 fully saturated rings. The lowest BCUT2D eigenvalue weighted by Gasteiger charge is -2.32. The quantitative estimate of drug-likeness (QED) is 0.654. The maximum absolute atomic E-state index is 13.5. The van der Waals surface area contributed by atoms with Crippen LogP contribution in [-0.2, 0) is 10.3 Å². The van der Waals surface area contributed by atoms with Gasteiger partial charge in [0.05, 0.1) is 5.69 Å². The normalized spacial score (nSPS) is 19.9. The van der Waals surface area contributed by atoms with Crippen LogP contribution in [0.3, 0.4) is 0 Å². The Bertz CT molecular complexity index is 942. The number of carbonyl (C=O) groups is 2. The molecule has 0 aromatic heterocycles. The van der Waals surface area contributed by atoms with Crippen LogP contribution in [-0.4, -0.2) is 11.9 Å². The number of carbonyl (C=O) groups excluding carboxylic acids is 2. The number of anilines is 2. The predicted octanol–water partition coefficient (Wildman–Crippen LogP) is 4.58. The van der Waals surface area contributed by atoms with Crippen molar-refractivity contribution < 1.29 is 9.59 Å². The fraction of sp³-hybridized carbons (Fsp3) is 0.0909. The molecule has 4 rings (SSSR count). The van der Waals surface area contributed by atoms with E-state index in [0.717, 1.165) is 5.56 Å². The minimum absolute atomic E-state index is 0.260. The molecule has 128 valence electrons. The van der Waals surface area contributed by atoms with Gasteiger partial charge in [0, 0.05) is 5.69 Å². The third-order valence-corrected chi connectivity index (χ3v) is 4.81. The maximum Gasteiger partial charge on any atom is 0.337 e. The highest BCUT2D eigenvalue weighted by atomic mass is 16.2. The zero-order valence-corrected chi connectivity index (χ0v) is 14.4. The van der Waals surface area contributed by atoms with Crippen molar-refractivity contribution in [3.63, 3.8) is 0 Å². The SMILES string of the molecule is CC1(c2ccccc2)C(=O)N(c2ccccc2)C(=O)N1c1ccccc1. The number of imide groups is 1. The summed E-state index contributed by atoms with van der Waals surface area (Å²) >= 11 is 0. The summed E-state index contributed by atoms with van der Waals surface area (Å²) in [5.74, 6) is -0.260. The summed E-state index contributed by atoms with van der Waals surface area (Å²) in [5, 5.41) is 0. The van der Waals surface area contributed by atoms with Crippen LogP contribution in [0, 0.1) is 0 Å². The molecule has 0 spiro atoms. The van der Waals surface area contributed by atoms with Crippen molar-refractivity contribution in [1.82, 2.24) is 0 Å². The van der Waals surface area contributed by atoms with E-state index in [-0.39, 0.29) is 11.9 Å². The van der Waals surface area contributed by atoms with Crippen LogP contribution in [0.15, 0.2) is 91.0 Å². The second kappa shape index (κ2) is 6.15. The van der Waals surface area contributed by atoms with Gasteiger partial charge >= 0.3 is 6.03 Å². The number of para-hydroxylation sites is 2. The van der Waals surface area contributed by atoms with Crippen LogP contribution in [0.4, 0.5) is 16.2 Å². The molecule has 1 aliphatic rings. The Morgan fingerprint density at radius 1 is 0.654 bits per heavy atom. The number of urea groups is 1. The summed E-state index contributed by atoms with van der Waals surface area (Å²) in [7, 11) is 0. The van der Waals surface area contributed by atoms with Gasteiger partial charge in [0.15, 0.2) is 5.54 Å². The van der Waals surface area contributed by atoms with Gasteiger partial charge < -0.3 is 0 Å². The van der Waals surface area contributed by atoms with Crippen LogP contribution in [0.2, 0.25) is 0 Å². The Morgan fingerprint density at radius 3 is 1.65 bits per heavy atom. The van der Waals surface area contributed by atoms with Crippen molar-refractivity contribution >= 4 is 23.3 Å². The van der Waals surface area contributed by atoms with Gasteiger partial charge in [0.2, 0.25) is 0 Å². The monoisotopic (exact) mass is 342 g/mol. The first-order chi connectivity index (χ1) is 12.6. The third-order valence-electron chi connectivity index (χ3n) is 4.81. The molecule has 3 amide bonds. The van der Waals surface area contributed by atoms with Crippen molar-refractivity contribution in [2.75, 3.05) is 9.80 Å². The summed E-state index contributed by atoms with van der Waals surface area (Å²) in [5.41, 5.74) is 0.926. The smallest absolute Gasteiger partial charge is 0.275 e. The lowest BCUT2D eigenvalue weighted by Crippen LogP contribution is -2.44. The number of amides is 3. The van der Waals surface area contributed by atoms with Gasteiger partial charge in [-0.25, -0.2) is 9.69 Å². The second-order valence-electron chi connectivity index (χ2n) is 6.37. The van der Waals surface area contributed by atoms with Crippen molar-refractivity contribution in [3.8, 4) is 0 Å². The lowest BCUT2D eigenvalue weighted by molar-refractivity contribution is -0.121. The van der Waals surface area contributed by atoms with Crippen LogP contribution in [0.5, 0.6) is 0 Å². The molecule has 4 heteroatoms. The zero-order valence-electron chi connectivity index (χ0n) is 14.4. The Balaban J connectivity index is 1.92. The van der Waals surface area contributed by atoms with Crippen LogP contribution >= 0.6 is 0 Å². The largest absolute Gasteiger partial charge is 0.337 e. The molecule has 3 aromatic carbocycles. The van der Waals surface area contributed by atoms with E-state index in [9.17, 15) is 9.59 Å². The van der Waals surface area contributed by atoms with Crippen molar-refractivity contribution in [2.45, 2.75) is 12.5 Å². The van der Waals surface area contributed by atoms with Gasteiger partial charge in [-0.05, 0) is 36.8 Å². The first kappa shape index (κ1) is 16.1. The average Bonchev–Trinajstić information content (AvgIpc) is 2.90. The first-order valence-electron chi connectivity index (χ1n) is 8.48. The lowest BCUT2D eigenvalue weighted by atomic mass is 9.90. The van der Waals surface area contributed by atoms with E-state index in [1.54, 1.807) is 24.0 Å². The van der Waals surface area contributed by atoms with E-state index in [1.165, 1.54) is 4.90 Å². The molecule has 0 aliphatic carbocycles. The summed E-state index contributed by atoms with van der Waals surface area (Å²) in [6, 6.07) is 27.4. The summed E-state index contributed by atoms with van der Waals surface area (Å²) < 4.78 is 0. The summed E-state index contributed by atoms with van der Waals surface area (Å²) in [6.07, 6.45) is 0. The van der Waals surface area contributed by atoms with Gasteiger partial charge in [-0.15, -0.1) is 0 Å². The molecule has 1 atom stereocenters. The Morgan fingerprint density at radius 2 is 1.12 bits per heavy atom. The van der Waals surface area contributed by atoms with E-state index in [4.69, 9.17) is 0 Å².